The fourth-order valence-electron chi connectivity index (χ4n) is 1.88. The molecule has 2 aromatic rings. The van der Waals surface area contributed by atoms with Gasteiger partial charge in [0.15, 0.2) is 0 Å². The van der Waals surface area contributed by atoms with Gasteiger partial charge in [-0.1, -0.05) is 36.4 Å². The number of amides is 1. The molecule has 0 radical (unpaired) electrons. The predicted molar refractivity (Wildman–Crippen MR) is 78.4 cm³/mol. The second-order valence-electron chi connectivity index (χ2n) is 4.25. The average molecular weight is 269 g/mol. The molecule has 0 saturated carbocycles. The van der Waals surface area contributed by atoms with Crippen molar-refractivity contribution in [2.45, 2.75) is 13.5 Å². The van der Waals surface area contributed by atoms with Crippen LogP contribution in [-0.2, 0) is 11.3 Å². The monoisotopic (exact) mass is 269 g/mol. The molecule has 0 spiro atoms. The van der Waals surface area contributed by atoms with Gasteiger partial charge in [-0.25, -0.2) is 4.98 Å². The van der Waals surface area contributed by atoms with E-state index in [1.165, 1.54) is 17.7 Å². The number of hydrogen-bond donors (Lipinski definition) is 1. The van der Waals surface area contributed by atoms with E-state index >= 15 is 0 Å². The lowest BCUT2D eigenvalue weighted by molar-refractivity contribution is -0.114. The number of benzene rings is 1. The summed E-state index contributed by atoms with van der Waals surface area (Å²) in [6, 6.07) is 9.40. The third-order valence-electron chi connectivity index (χ3n) is 2.70. The lowest BCUT2D eigenvalue weighted by Crippen LogP contribution is -2.27. The Morgan fingerprint density at radius 1 is 1.40 bits per heavy atom. The highest BCUT2D eigenvalue weighted by Crippen LogP contribution is 2.16. The molecule has 0 aliphatic heterocycles. The van der Waals surface area contributed by atoms with E-state index in [0.717, 1.165) is 5.56 Å². The van der Waals surface area contributed by atoms with Gasteiger partial charge in [0.25, 0.3) is 5.56 Å². The first-order valence-corrected chi connectivity index (χ1v) is 6.17. The van der Waals surface area contributed by atoms with Crippen molar-refractivity contribution in [3.8, 4) is 11.4 Å². The van der Waals surface area contributed by atoms with E-state index in [1.54, 1.807) is 6.08 Å². The van der Waals surface area contributed by atoms with Crippen LogP contribution >= 0.6 is 0 Å². The second-order valence-corrected chi connectivity index (χ2v) is 4.25. The Labute approximate surface area is 116 Å². The van der Waals surface area contributed by atoms with Crippen molar-refractivity contribution in [1.82, 2.24) is 9.55 Å². The molecule has 1 aromatic heterocycles. The largest absolute Gasteiger partial charge is 0.320 e. The topological polar surface area (TPSA) is 64.0 Å². The smallest absolute Gasteiger partial charge is 0.277 e. The minimum absolute atomic E-state index is 0.166. The summed E-state index contributed by atoms with van der Waals surface area (Å²) in [6.07, 6.45) is 3.00. The number of allylic oxidation sites excluding steroid dienone is 1. The highest BCUT2D eigenvalue weighted by atomic mass is 16.2. The molecule has 0 saturated heterocycles. The van der Waals surface area contributed by atoms with Crippen LogP contribution < -0.4 is 10.9 Å². The molecule has 0 fully saturated rings. The summed E-state index contributed by atoms with van der Waals surface area (Å²) in [5.74, 6) is 0.242. The Balaban J connectivity index is 2.59. The maximum atomic E-state index is 12.3. The molecule has 2 rings (SSSR count). The zero-order chi connectivity index (χ0) is 14.5. The average Bonchev–Trinajstić information content (AvgIpc) is 2.44. The molecule has 5 nitrogen and oxygen atoms in total. The van der Waals surface area contributed by atoms with Gasteiger partial charge < -0.3 is 5.32 Å². The van der Waals surface area contributed by atoms with Crippen LogP contribution in [0, 0.1) is 0 Å². The van der Waals surface area contributed by atoms with Gasteiger partial charge in [-0.15, -0.1) is 6.58 Å². The summed E-state index contributed by atoms with van der Waals surface area (Å²) >= 11 is 0. The minimum atomic E-state index is -0.304. The van der Waals surface area contributed by atoms with Gasteiger partial charge in [0.05, 0.1) is 6.20 Å². The van der Waals surface area contributed by atoms with E-state index < -0.39 is 0 Å². The van der Waals surface area contributed by atoms with Gasteiger partial charge in [-0.3, -0.25) is 14.2 Å². The molecular formula is C15H15N3O2. The van der Waals surface area contributed by atoms with Crippen LogP contribution in [0.3, 0.4) is 0 Å². The quantitative estimate of drug-likeness (QED) is 0.864. The number of rotatable bonds is 4. The van der Waals surface area contributed by atoms with Crippen molar-refractivity contribution in [3.05, 3.63) is 59.5 Å². The standard InChI is InChI=1S/C15H15N3O2/c1-3-9-18-14(12-7-5-4-6-8-12)16-10-13(15(18)20)17-11(2)19/h3-8,10H,1,9H2,2H3,(H,17,19). The molecule has 1 aromatic carbocycles. The maximum Gasteiger partial charge on any atom is 0.277 e. The first-order chi connectivity index (χ1) is 9.63. The molecule has 0 aliphatic carbocycles. The Morgan fingerprint density at radius 2 is 2.10 bits per heavy atom. The number of carbonyl (C=O) groups is 1. The number of nitrogens with one attached hydrogen (secondary N) is 1. The van der Waals surface area contributed by atoms with Crippen LogP contribution in [0.4, 0.5) is 5.69 Å². The fraction of sp³-hybridized carbons (Fsp3) is 0.133. The Kier molecular flexibility index (Phi) is 4.10. The normalized spacial score (nSPS) is 10.1. The van der Waals surface area contributed by atoms with Crippen LogP contribution in [0.15, 0.2) is 54.0 Å². The first kappa shape index (κ1) is 13.7. The zero-order valence-corrected chi connectivity index (χ0v) is 11.2. The van der Waals surface area contributed by atoms with Gasteiger partial charge in [-0.05, 0) is 0 Å². The summed E-state index contributed by atoms with van der Waals surface area (Å²) in [4.78, 5) is 27.7. The third kappa shape index (κ3) is 2.83. The summed E-state index contributed by atoms with van der Waals surface area (Å²) in [6.45, 7) is 5.32. The van der Waals surface area contributed by atoms with Crippen molar-refractivity contribution < 1.29 is 4.79 Å². The van der Waals surface area contributed by atoms with Crippen LogP contribution in [0.25, 0.3) is 11.4 Å². The molecule has 0 aliphatic rings. The number of aromatic nitrogens is 2. The first-order valence-electron chi connectivity index (χ1n) is 6.17. The highest BCUT2D eigenvalue weighted by Gasteiger charge is 2.11. The lowest BCUT2D eigenvalue weighted by Gasteiger charge is -2.12. The summed E-state index contributed by atoms with van der Waals surface area (Å²) in [5, 5.41) is 2.48. The molecule has 1 heterocycles. The van der Waals surface area contributed by atoms with E-state index in [-0.39, 0.29) is 17.2 Å². The molecule has 0 atom stereocenters. The Hall–Kier alpha value is -2.69. The lowest BCUT2D eigenvalue weighted by atomic mass is 10.2. The number of nitrogens with zero attached hydrogens (tertiary/aromatic N) is 2. The zero-order valence-electron chi connectivity index (χ0n) is 11.2. The number of anilines is 1. The van der Waals surface area contributed by atoms with Crippen molar-refractivity contribution in [1.29, 1.82) is 0 Å². The van der Waals surface area contributed by atoms with E-state index in [2.05, 4.69) is 16.9 Å². The SMILES string of the molecule is C=CCn1c(-c2ccccc2)ncc(NC(C)=O)c1=O. The van der Waals surface area contributed by atoms with E-state index in [1.807, 2.05) is 30.3 Å². The van der Waals surface area contributed by atoms with Crippen molar-refractivity contribution >= 4 is 11.6 Å². The summed E-state index contributed by atoms with van der Waals surface area (Å²) < 4.78 is 1.48. The maximum absolute atomic E-state index is 12.3. The van der Waals surface area contributed by atoms with Crippen LogP contribution in [0.5, 0.6) is 0 Å². The molecular weight excluding hydrogens is 254 g/mol. The minimum Gasteiger partial charge on any atom is -0.320 e. The van der Waals surface area contributed by atoms with Crippen LogP contribution in [-0.4, -0.2) is 15.5 Å². The summed E-state index contributed by atoms with van der Waals surface area (Å²) in [5.41, 5.74) is 0.703. The van der Waals surface area contributed by atoms with Crippen LogP contribution in [0.1, 0.15) is 6.92 Å². The Morgan fingerprint density at radius 3 is 2.70 bits per heavy atom. The molecule has 0 bridgehead atoms. The van der Waals surface area contributed by atoms with Gasteiger partial charge in [0.2, 0.25) is 5.91 Å². The number of carbonyl (C=O) groups excluding carboxylic acids is 1. The molecule has 102 valence electrons. The van der Waals surface area contributed by atoms with Gasteiger partial charge in [-0.2, -0.15) is 0 Å². The fourth-order valence-corrected chi connectivity index (χ4v) is 1.88. The summed E-state index contributed by atoms with van der Waals surface area (Å²) in [7, 11) is 0. The van der Waals surface area contributed by atoms with Gasteiger partial charge >= 0.3 is 0 Å². The van der Waals surface area contributed by atoms with Gasteiger partial charge in [0.1, 0.15) is 11.5 Å². The third-order valence-corrected chi connectivity index (χ3v) is 2.70. The Bertz CT molecular complexity index is 690. The van der Waals surface area contributed by atoms with E-state index in [4.69, 9.17) is 0 Å². The molecule has 0 unspecified atom stereocenters. The number of hydrogen-bond acceptors (Lipinski definition) is 3. The molecule has 5 heteroatoms. The van der Waals surface area contributed by atoms with E-state index in [9.17, 15) is 9.59 Å². The molecule has 1 N–H and O–H groups in total. The molecule has 20 heavy (non-hydrogen) atoms. The van der Waals surface area contributed by atoms with Crippen molar-refractivity contribution in [2.24, 2.45) is 0 Å². The van der Waals surface area contributed by atoms with Crippen molar-refractivity contribution in [2.75, 3.05) is 5.32 Å². The predicted octanol–water partition coefficient (Wildman–Crippen LogP) is 2.05. The van der Waals surface area contributed by atoms with Crippen molar-refractivity contribution in [3.63, 3.8) is 0 Å². The molecule has 1 amide bonds. The van der Waals surface area contributed by atoms with Crippen LogP contribution in [0.2, 0.25) is 0 Å². The highest BCUT2D eigenvalue weighted by molar-refractivity contribution is 5.88. The van der Waals surface area contributed by atoms with Gasteiger partial charge in [0, 0.05) is 19.0 Å². The van der Waals surface area contributed by atoms with E-state index in [0.29, 0.717) is 12.4 Å². The second kappa shape index (κ2) is 5.97.